The van der Waals surface area contributed by atoms with Crippen LogP contribution in [0.3, 0.4) is 0 Å². The van der Waals surface area contributed by atoms with E-state index in [2.05, 4.69) is 22.1 Å². The molecule has 0 saturated heterocycles. The molecule has 1 unspecified atom stereocenters. The van der Waals surface area contributed by atoms with Crippen molar-refractivity contribution in [2.45, 2.75) is 12.5 Å². The van der Waals surface area contributed by atoms with E-state index in [0.717, 1.165) is 35.5 Å². The van der Waals surface area contributed by atoms with Gasteiger partial charge in [-0.3, -0.25) is 4.90 Å². The summed E-state index contributed by atoms with van der Waals surface area (Å²) in [7, 11) is 3.67. The van der Waals surface area contributed by atoms with Crippen molar-refractivity contribution in [1.82, 2.24) is 4.90 Å². The third-order valence-electron chi connectivity index (χ3n) is 5.12. The van der Waals surface area contributed by atoms with Crippen molar-refractivity contribution in [3.63, 3.8) is 0 Å². The molecule has 2 aromatic rings. The largest absolute Gasteiger partial charge is 0.595 e. The second-order valence-electron chi connectivity index (χ2n) is 6.91. The zero-order valence-electron chi connectivity index (χ0n) is 16.3. The summed E-state index contributed by atoms with van der Waals surface area (Å²) in [4.78, 5) is 2.19. The minimum atomic E-state index is -0.953. The number of anilines is 1. The van der Waals surface area contributed by atoms with Crippen LogP contribution in [0.5, 0.6) is 17.2 Å². The van der Waals surface area contributed by atoms with E-state index in [9.17, 15) is 5.21 Å². The maximum Gasteiger partial charge on any atom is 0.231 e. The van der Waals surface area contributed by atoms with Crippen molar-refractivity contribution in [3.8, 4) is 29.1 Å². The third-order valence-corrected chi connectivity index (χ3v) is 5.12. The van der Waals surface area contributed by atoms with Crippen LogP contribution in [-0.4, -0.2) is 44.1 Å². The van der Waals surface area contributed by atoms with E-state index in [1.807, 2.05) is 19.2 Å². The average molecular weight is 397 g/mol. The van der Waals surface area contributed by atoms with E-state index in [1.165, 1.54) is 0 Å². The monoisotopic (exact) mass is 397 g/mol. The van der Waals surface area contributed by atoms with E-state index < -0.39 is 5.23 Å². The molecule has 8 nitrogen and oxygen atoms in total. The number of quaternary nitrogens is 1. The molecule has 2 aliphatic rings. The molecular formula is C21H23N3O5. The first-order valence-electron chi connectivity index (χ1n) is 9.33. The number of likely N-dealkylation sites (N-methyl/N-ethyl adjacent to an activating group) is 1. The normalized spacial score (nSPS) is 18.4. The number of rotatable bonds is 4. The summed E-state index contributed by atoms with van der Waals surface area (Å²) in [5, 5.41) is 22.4. The second kappa shape index (κ2) is 8.19. The summed E-state index contributed by atoms with van der Waals surface area (Å²) in [6.07, 6.45) is 0.886. The number of ether oxygens (including phenoxy) is 3. The summed E-state index contributed by atoms with van der Waals surface area (Å²) in [5.74, 6) is 8.53. The molecule has 152 valence electrons. The first-order chi connectivity index (χ1) is 14.1. The fourth-order valence-corrected chi connectivity index (χ4v) is 3.67. The highest BCUT2D eigenvalue weighted by Gasteiger charge is 2.33. The van der Waals surface area contributed by atoms with Gasteiger partial charge in [0.05, 0.1) is 13.7 Å². The Hall–Kier alpha value is -2.96. The third kappa shape index (κ3) is 3.81. The van der Waals surface area contributed by atoms with Gasteiger partial charge in [0.25, 0.3) is 0 Å². The molecule has 8 heteroatoms. The predicted octanol–water partition coefficient (Wildman–Crippen LogP) is 1.47. The molecule has 4 rings (SSSR count). The molecule has 0 spiro atoms. The van der Waals surface area contributed by atoms with E-state index >= 15 is 0 Å². The molecule has 2 aliphatic heterocycles. The van der Waals surface area contributed by atoms with Gasteiger partial charge in [-0.1, -0.05) is 17.9 Å². The number of methoxy groups -OCH3 is 1. The first-order valence-corrected chi connectivity index (χ1v) is 9.33. The van der Waals surface area contributed by atoms with Crippen molar-refractivity contribution in [3.05, 3.63) is 46.7 Å². The fraction of sp³-hybridized carbons (Fsp3) is 0.333. The van der Waals surface area contributed by atoms with Crippen molar-refractivity contribution in [2.24, 2.45) is 0 Å². The molecule has 0 aromatic heterocycles. The molecular weight excluding hydrogens is 374 g/mol. The standard InChI is InChI=1S/C21H23N3O5/c1-23-10-8-14-11-18-20(29-13-28-18)21(27-2)19(14)17(23)7-4-9-22-15-5-3-6-16(12-15)24(25)26/h3,5-6,11-12,17,22,24-25H,8-10,13H2,1-2H3/t17-/m1/s1. The molecule has 0 fully saturated rings. The maximum atomic E-state index is 11.1. The van der Waals surface area contributed by atoms with Crippen molar-refractivity contribution in [2.75, 3.05) is 39.4 Å². The molecule has 29 heavy (non-hydrogen) atoms. The van der Waals surface area contributed by atoms with Crippen LogP contribution in [0.4, 0.5) is 11.4 Å². The number of nitrogens with one attached hydrogen (secondary N) is 2. The lowest BCUT2D eigenvalue weighted by atomic mass is 9.91. The molecule has 0 aliphatic carbocycles. The molecule has 3 N–H and O–H groups in total. The summed E-state index contributed by atoms with van der Waals surface area (Å²) in [5.41, 5.74) is 3.14. The van der Waals surface area contributed by atoms with Crippen LogP contribution < -0.4 is 24.8 Å². The summed E-state index contributed by atoms with van der Waals surface area (Å²) in [6, 6.07) is 8.57. The Morgan fingerprint density at radius 1 is 1.38 bits per heavy atom. The van der Waals surface area contributed by atoms with Crippen molar-refractivity contribution in [1.29, 1.82) is 0 Å². The van der Waals surface area contributed by atoms with Gasteiger partial charge < -0.3 is 24.7 Å². The highest BCUT2D eigenvalue weighted by atomic mass is 16.8. The predicted molar refractivity (Wildman–Crippen MR) is 107 cm³/mol. The number of nitrogens with zero attached hydrogens (tertiary/aromatic N) is 1. The van der Waals surface area contributed by atoms with Crippen LogP contribution in [0.2, 0.25) is 0 Å². The fourth-order valence-electron chi connectivity index (χ4n) is 3.67. The van der Waals surface area contributed by atoms with Crippen LogP contribution in [0.25, 0.3) is 0 Å². The average Bonchev–Trinajstić information content (AvgIpc) is 3.19. The minimum Gasteiger partial charge on any atom is -0.595 e. The number of benzene rings is 2. The maximum absolute atomic E-state index is 11.1. The van der Waals surface area contributed by atoms with Gasteiger partial charge in [0.15, 0.2) is 17.2 Å². The Kier molecular flexibility index (Phi) is 5.47. The highest BCUT2D eigenvalue weighted by molar-refractivity contribution is 5.63. The first kappa shape index (κ1) is 19.4. The Bertz CT molecular complexity index is 967. The Labute approximate surface area is 169 Å². The molecule has 0 radical (unpaired) electrons. The molecule has 2 heterocycles. The van der Waals surface area contributed by atoms with Crippen molar-refractivity contribution < 1.29 is 24.6 Å². The Morgan fingerprint density at radius 3 is 3.03 bits per heavy atom. The lowest BCUT2D eigenvalue weighted by molar-refractivity contribution is -0.991. The molecule has 0 amide bonds. The molecule has 2 atom stereocenters. The van der Waals surface area contributed by atoms with Crippen molar-refractivity contribution >= 4 is 11.4 Å². The Balaban J connectivity index is 1.56. The summed E-state index contributed by atoms with van der Waals surface area (Å²) < 4.78 is 16.8. The Morgan fingerprint density at radius 2 is 2.24 bits per heavy atom. The van der Waals surface area contributed by atoms with Crippen LogP contribution in [0, 0.1) is 17.0 Å². The van der Waals surface area contributed by atoms with Gasteiger partial charge in [0.1, 0.15) is 6.04 Å². The van der Waals surface area contributed by atoms with Crippen LogP contribution in [0.15, 0.2) is 30.3 Å². The summed E-state index contributed by atoms with van der Waals surface area (Å²) >= 11 is 0. The zero-order chi connectivity index (χ0) is 20.4. The SMILES string of the molecule is COc1c2c(cc3c1[C@@H](C#CCNc1cccc([NH+]([O-])O)c1)N(C)CC3)OCO2. The number of hydrogen-bond acceptors (Lipinski definition) is 7. The molecule has 2 aromatic carbocycles. The van der Waals surface area contributed by atoms with Crippen LogP contribution in [-0.2, 0) is 6.42 Å². The summed E-state index contributed by atoms with van der Waals surface area (Å²) in [6.45, 7) is 1.47. The van der Waals surface area contributed by atoms with Gasteiger partial charge in [0.2, 0.25) is 12.5 Å². The van der Waals surface area contributed by atoms with Crippen LogP contribution >= 0.6 is 0 Å². The van der Waals surface area contributed by atoms with Crippen LogP contribution in [0.1, 0.15) is 17.2 Å². The van der Waals surface area contributed by atoms with Gasteiger partial charge in [-0.15, -0.1) is 0 Å². The smallest absolute Gasteiger partial charge is 0.231 e. The van der Waals surface area contributed by atoms with E-state index in [-0.39, 0.29) is 18.5 Å². The van der Waals surface area contributed by atoms with E-state index in [1.54, 1.807) is 25.3 Å². The molecule has 0 bridgehead atoms. The van der Waals surface area contributed by atoms with Gasteiger partial charge in [0, 0.05) is 29.9 Å². The second-order valence-corrected chi connectivity index (χ2v) is 6.91. The number of hydrogen-bond donors (Lipinski definition) is 3. The highest BCUT2D eigenvalue weighted by Crippen LogP contribution is 2.49. The lowest BCUT2D eigenvalue weighted by Crippen LogP contribution is -2.99. The van der Waals surface area contributed by atoms with E-state index in [4.69, 9.17) is 19.4 Å². The zero-order valence-corrected chi connectivity index (χ0v) is 16.3. The minimum absolute atomic E-state index is 0.129. The number of fused-ring (bicyclic) bond motifs is 2. The van der Waals surface area contributed by atoms with Gasteiger partial charge in [-0.05, 0) is 31.2 Å². The lowest BCUT2D eigenvalue weighted by Gasteiger charge is -2.32. The van der Waals surface area contributed by atoms with Gasteiger partial charge in [-0.25, -0.2) is 5.21 Å². The van der Waals surface area contributed by atoms with E-state index in [0.29, 0.717) is 18.0 Å². The molecule has 0 saturated carbocycles. The van der Waals surface area contributed by atoms with Gasteiger partial charge in [-0.2, -0.15) is 5.23 Å². The topological polar surface area (TPSA) is 90.7 Å². The van der Waals surface area contributed by atoms with Gasteiger partial charge >= 0.3 is 0 Å². The quantitative estimate of drug-likeness (QED) is 0.532.